The second kappa shape index (κ2) is 8.10. The van der Waals surface area contributed by atoms with Crippen LogP contribution in [0, 0.1) is 34.9 Å². The Labute approximate surface area is 213 Å². The lowest BCUT2D eigenvalue weighted by atomic mass is 9.51. The first-order chi connectivity index (χ1) is 17.7. The highest BCUT2D eigenvalue weighted by molar-refractivity contribution is 6.24. The largest absolute Gasteiger partial charge is 0.505 e. The number of imide groups is 2. The summed E-state index contributed by atoms with van der Waals surface area (Å²) in [5.41, 5.74) is 0.0521. The van der Waals surface area contributed by atoms with Crippen LogP contribution in [-0.4, -0.2) is 40.2 Å². The van der Waals surface area contributed by atoms with Crippen LogP contribution in [0.2, 0.25) is 0 Å². The van der Waals surface area contributed by atoms with Crippen LogP contribution in [0.25, 0.3) is 0 Å². The number of halogens is 1. The summed E-state index contributed by atoms with van der Waals surface area (Å²) in [4.78, 5) is 56.9. The average Bonchev–Trinajstić information content (AvgIpc) is 3.26. The number of aromatic hydroxyl groups is 1. The van der Waals surface area contributed by atoms with E-state index in [-0.39, 0.29) is 36.3 Å². The molecule has 4 amide bonds. The molecule has 8 heteroatoms. The van der Waals surface area contributed by atoms with Gasteiger partial charge in [-0.05, 0) is 50.8 Å². The van der Waals surface area contributed by atoms with Crippen LogP contribution in [0.5, 0.6) is 5.75 Å². The average molecular weight is 503 g/mol. The number of fused-ring (bicyclic) bond motifs is 4. The van der Waals surface area contributed by atoms with Crippen molar-refractivity contribution in [1.29, 1.82) is 0 Å². The van der Waals surface area contributed by atoms with Crippen LogP contribution < -0.4 is 4.90 Å². The van der Waals surface area contributed by atoms with Gasteiger partial charge in [0.2, 0.25) is 23.6 Å². The van der Waals surface area contributed by atoms with Crippen molar-refractivity contribution in [2.24, 2.45) is 29.1 Å². The molecule has 0 bridgehead atoms. The molecule has 4 aliphatic rings. The molecule has 2 aliphatic heterocycles. The van der Waals surface area contributed by atoms with Gasteiger partial charge >= 0.3 is 0 Å². The third-order valence-electron chi connectivity index (χ3n) is 9.03. The number of carbonyl (C=O) groups excluding carboxylic acids is 4. The van der Waals surface area contributed by atoms with Gasteiger partial charge in [-0.25, -0.2) is 9.29 Å². The van der Waals surface area contributed by atoms with Gasteiger partial charge in [-0.3, -0.25) is 24.1 Å². The molecule has 2 saturated heterocycles. The topological polar surface area (TPSA) is 95.0 Å². The molecule has 6 rings (SSSR count). The summed E-state index contributed by atoms with van der Waals surface area (Å²) in [5.74, 6) is -5.99. The molecule has 7 nitrogen and oxygen atoms in total. The molecule has 2 aromatic carbocycles. The van der Waals surface area contributed by atoms with E-state index in [4.69, 9.17) is 0 Å². The van der Waals surface area contributed by atoms with Gasteiger partial charge in [0.15, 0.2) is 11.6 Å². The zero-order valence-electron chi connectivity index (χ0n) is 20.6. The monoisotopic (exact) mass is 502 g/mol. The molecule has 190 valence electrons. The minimum atomic E-state index is -1.32. The van der Waals surface area contributed by atoms with Gasteiger partial charge in [-0.1, -0.05) is 42.0 Å². The molecule has 6 unspecified atom stereocenters. The number of amides is 4. The summed E-state index contributed by atoms with van der Waals surface area (Å²) in [5, 5.41) is 10.8. The summed E-state index contributed by atoms with van der Waals surface area (Å²) in [7, 11) is 0. The van der Waals surface area contributed by atoms with E-state index in [0.717, 1.165) is 11.6 Å². The molecule has 1 N–H and O–H groups in total. The second-order valence-electron chi connectivity index (χ2n) is 10.6. The Hall–Kier alpha value is -3.81. The number of anilines is 1. The Kier molecular flexibility index (Phi) is 5.16. The van der Waals surface area contributed by atoms with Crippen LogP contribution in [0.1, 0.15) is 38.2 Å². The van der Waals surface area contributed by atoms with Gasteiger partial charge in [0, 0.05) is 18.0 Å². The van der Waals surface area contributed by atoms with Gasteiger partial charge in [0.05, 0.1) is 28.9 Å². The maximum absolute atomic E-state index is 14.6. The zero-order chi connectivity index (χ0) is 26.2. The van der Waals surface area contributed by atoms with Crippen LogP contribution in [0.3, 0.4) is 0 Å². The summed E-state index contributed by atoms with van der Waals surface area (Å²) in [6, 6.07) is 12.8. The molecule has 0 radical (unpaired) electrons. The first-order valence-electron chi connectivity index (χ1n) is 12.7. The number of para-hydroxylation sites is 2. The predicted molar refractivity (Wildman–Crippen MR) is 132 cm³/mol. The van der Waals surface area contributed by atoms with Gasteiger partial charge in [-0.2, -0.15) is 0 Å². The molecule has 3 fully saturated rings. The van der Waals surface area contributed by atoms with Crippen LogP contribution in [-0.2, 0) is 19.2 Å². The van der Waals surface area contributed by atoms with E-state index in [0.29, 0.717) is 12.1 Å². The van der Waals surface area contributed by atoms with Crippen LogP contribution in [0.4, 0.5) is 10.1 Å². The highest BCUT2D eigenvalue weighted by atomic mass is 19.1. The highest BCUT2D eigenvalue weighted by Gasteiger charge is 2.67. The van der Waals surface area contributed by atoms with E-state index in [1.807, 2.05) is 6.08 Å². The summed E-state index contributed by atoms with van der Waals surface area (Å²) < 4.78 is 14.6. The minimum Gasteiger partial charge on any atom is -0.505 e. The minimum absolute atomic E-state index is 0.210. The number of likely N-dealkylation sites (tertiary alicyclic amines) is 1. The Morgan fingerprint density at radius 1 is 0.973 bits per heavy atom. The van der Waals surface area contributed by atoms with E-state index in [9.17, 15) is 28.7 Å². The zero-order valence-corrected chi connectivity index (χ0v) is 20.6. The van der Waals surface area contributed by atoms with Crippen molar-refractivity contribution < 1.29 is 28.7 Å². The normalized spacial score (nSPS) is 32.8. The lowest BCUT2D eigenvalue weighted by Gasteiger charge is -2.49. The fraction of sp³-hybridized carbons (Fsp3) is 0.379. The van der Waals surface area contributed by atoms with Crippen molar-refractivity contribution in [3.8, 4) is 5.75 Å². The summed E-state index contributed by atoms with van der Waals surface area (Å²) in [6.45, 7) is 3.73. The van der Waals surface area contributed by atoms with Crippen molar-refractivity contribution >= 4 is 29.3 Å². The number of phenolic OH excluding ortho intramolecular Hbond substituents is 1. The van der Waals surface area contributed by atoms with Crippen molar-refractivity contribution in [2.45, 2.75) is 32.6 Å². The van der Waals surface area contributed by atoms with Gasteiger partial charge < -0.3 is 5.11 Å². The molecule has 0 spiro atoms. The van der Waals surface area contributed by atoms with Gasteiger partial charge in [-0.15, -0.1) is 0 Å². The molecule has 37 heavy (non-hydrogen) atoms. The lowest BCUT2D eigenvalue weighted by molar-refractivity contribution is -0.140. The Balaban J connectivity index is 1.56. The fourth-order valence-corrected chi connectivity index (χ4v) is 7.32. The number of rotatable bonds is 3. The quantitative estimate of drug-likeness (QED) is 0.509. The maximum atomic E-state index is 14.6. The van der Waals surface area contributed by atoms with E-state index in [2.05, 4.69) is 0 Å². The molecule has 0 aromatic heterocycles. The Morgan fingerprint density at radius 3 is 2.41 bits per heavy atom. The number of benzene rings is 2. The second-order valence-corrected chi connectivity index (χ2v) is 10.6. The number of allylic oxidation sites excluding steroid dienone is 2. The molecular weight excluding hydrogens is 475 g/mol. The first-order valence-corrected chi connectivity index (χ1v) is 12.7. The van der Waals surface area contributed by atoms with Crippen LogP contribution in [0.15, 0.2) is 60.2 Å². The number of hydrogen-bond donors (Lipinski definition) is 1. The Bertz CT molecular complexity index is 1390. The van der Waals surface area contributed by atoms with E-state index in [1.165, 1.54) is 15.9 Å². The standard InChI is InChI=1S/C29H27FN2O5/c1-3-31-25(34)17-13-12-16-19(22(17)27(31)36)14-20-26(35)32(15-8-5-4-6-9-15)28(37)29(20,2)23(16)18-10-7-11-21(30)24(18)33/h4-12,17,19-20,22-23,33H,3,13-14H2,1-2H3. The molecule has 1 saturated carbocycles. The van der Waals surface area contributed by atoms with Gasteiger partial charge in [0.25, 0.3) is 0 Å². The van der Waals surface area contributed by atoms with Crippen LogP contribution >= 0.6 is 0 Å². The Morgan fingerprint density at radius 2 is 1.70 bits per heavy atom. The lowest BCUT2D eigenvalue weighted by Crippen LogP contribution is -2.48. The molecular formula is C29H27FN2O5. The van der Waals surface area contributed by atoms with Gasteiger partial charge in [0.1, 0.15) is 0 Å². The third-order valence-corrected chi connectivity index (χ3v) is 9.03. The van der Waals surface area contributed by atoms with Crippen molar-refractivity contribution in [3.05, 3.63) is 71.6 Å². The first kappa shape index (κ1) is 23.6. The molecule has 2 heterocycles. The third kappa shape index (κ3) is 2.98. The highest BCUT2D eigenvalue weighted by Crippen LogP contribution is 2.64. The van der Waals surface area contributed by atoms with Crippen molar-refractivity contribution in [3.63, 3.8) is 0 Å². The molecule has 2 aromatic rings. The van der Waals surface area contributed by atoms with E-state index < -0.39 is 52.5 Å². The number of carbonyl (C=O) groups is 4. The van der Waals surface area contributed by atoms with E-state index in [1.54, 1.807) is 50.2 Å². The number of phenols is 1. The smallest absolute Gasteiger partial charge is 0.241 e. The number of nitrogens with zero attached hydrogens (tertiary/aromatic N) is 2. The van der Waals surface area contributed by atoms with Crippen molar-refractivity contribution in [2.75, 3.05) is 11.4 Å². The predicted octanol–water partition coefficient (Wildman–Crippen LogP) is 3.78. The maximum Gasteiger partial charge on any atom is 0.241 e. The SMILES string of the molecule is CCN1C(=O)C2CC=C3C(CC4C(=O)N(c5ccccc5)C(=O)C4(C)C3c3cccc(F)c3O)C2C1=O. The van der Waals surface area contributed by atoms with E-state index >= 15 is 0 Å². The number of hydrogen-bond acceptors (Lipinski definition) is 5. The fourth-order valence-electron chi connectivity index (χ4n) is 7.32. The summed E-state index contributed by atoms with van der Waals surface area (Å²) in [6.07, 6.45) is 2.42. The van der Waals surface area contributed by atoms with Crippen molar-refractivity contribution in [1.82, 2.24) is 4.90 Å². The summed E-state index contributed by atoms with van der Waals surface area (Å²) >= 11 is 0. The molecule has 6 atom stereocenters. The molecule has 2 aliphatic carbocycles.